The number of aliphatic imine (C=N–C) groups is 1. The summed E-state index contributed by atoms with van der Waals surface area (Å²) in [7, 11) is 1.59. The molecule has 0 radical (unpaired) electrons. The maximum atomic E-state index is 10.0. The summed E-state index contributed by atoms with van der Waals surface area (Å²) in [6.07, 6.45) is 4.53. The minimum absolute atomic E-state index is 0. The molecule has 0 amide bonds. The van der Waals surface area contributed by atoms with Crippen LogP contribution in [0.4, 0.5) is 0 Å². The average Bonchev–Trinajstić information content (AvgIpc) is 3.11. The number of nitrogens with zero attached hydrogens (tertiary/aromatic N) is 2. The molecule has 1 aromatic carbocycles. The Hall–Kier alpha value is -1.55. The number of rotatable bonds is 9. The monoisotopic (exact) mass is 504 g/mol. The van der Waals surface area contributed by atoms with Crippen LogP contribution >= 0.6 is 35.3 Å². The number of aromatic nitrogens is 1. The van der Waals surface area contributed by atoms with Crippen molar-refractivity contribution in [1.29, 1.82) is 0 Å². The molecule has 150 valence electrons. The predicted molar refractivity (Wildman–Crippen MR) is 123 cm³/mol. The van der Waals surface area contributed by atoms with Crippen LogP contribution in [-0.2, 0) is 19.3 Å². The molecule has 27 heavy (non-hydrogen) atoms. The van der Waals surface area contributed by atoms with E-state index in [9.17, 15) is 5.11 Å². The van der Waals surface area contributed by atoms with Gasteiger partial charge in [0.2, 0.25) is 0 Å². The van der Waals surface area contributed by atoms with Crippen molar-refractivity contribution in [1.82, 2.24) is 15.6 Å². The van der Waals surface area contributed by atoms with Gasteiger partial charge in [-0.3, -0.25) is 4.99 Å². The molecule has 0 saturated heterocycles. The number of ether oxygens (including phenoxy) is 1. The Labute approximate surface area is 182 Å². The minimum atomic E-state index is 0. The van der Waals surface area contributed by atoms with Gasteiger partial charge >= 0.3 is 0 Å². The van der Waals surface area contributed by atoms with Crippen molar-refractivity contribution in [3.05, 3.63) is 39.8 Å². The first-order valence-electron chi connectivity index (χ1n) is 8.97. The van der Waals surface area contributed by atoms with Crippen LogP contribution in [0.5, 0.6) is 11.5 Å². The highest BCUT2D eigenvalue weighted by Crippen LogP contribution is 2.23. The Morgan fingerprint density at radius 1 is 1.26 bits per heavy atom. The van der Waals surface area contributed by atoms with Crippen molar-refractivity contribution in [2.24, 2.45) is 4.99 Å². The summed E-state index contributed by atoms with van der Waals surface area (Å²) in [5.41, 5.74) is 0.879. The summed E-state index contributed by atoms with van der Waals surface area (Å²) in [6, 6.07) is 5.37. The standard InChI is InChI=1S/C19H28N4O2S.HI/c1-4-16-13-23-18(26-16)9-11-22-19(20-5-2)21-10-8-14-6-7-15(25-3)12-17(14)24;/h6-7,12-13,24H,4-5,8-11H2,1-3H3,(H2,20,21,22);1H. The van der Waals surface area contributed by atoms with Gasteiger partial charge in [-0.15, -0.1) is 35.3 Å². The first kappa shape index (κ1) is 23.5. The number of nitrogens with one attached hydrogen (secondary N) is 2. The molecule has 0 fully saturated rings. The molecular weight excluding hydrogens is 475 g/mol. The lowest BCUT2D eigenvalue weighted by Gasteiger charge is -2.12. The highest BCUT2D eigenvalue weighted by atomic mass is 127. The van der Waals surface area contributed by atoms with Gasteiger partial charge in [-0.2, -0.15) is 0 Å². The SMILES string of the molecule is CCNC(=NCCc1ncc(CC)s1)NCCc1ccc(OC)cc1O.I. The van der Waals surface area contributed by atoms with E-state index in [4.69, 9.17) is 4.74 Å². The summed E-state index contributed by atoms with van der Waals surface area (Å²) in [6.45, 7) is 6.36. The fourth-order valence-corrected chi connectivity index (χ4v) is 3.28. The lowest BCUT2D eigenvalue weighted by atomic mass is 10.1. The molecule has 8 heteroatoms. The molecule has 0 spiro atoms. The lowest BCUT2D eigenvalue weighted by molar-refractivity contribution is 0.406. The zero-order valence-corrected chi connectivity index (χ0v) is 19.3. The van der Waals surface area contributed by atoms with Crippen molar-refractivity contribution < 1.29 is 9.84 Å². The summed E-state index contributed by atoms with van der Waals surface area (Å²) in [4.78, 5) is 10.3. The van der Waals surface area contributed by atoms with E-state index in [0.29, 0.717) is 25.3 Å². The number of thiazole rings is 1. The average molecular weight is 504 g/mol. The Kier molecular flexibility index (Phi) is 11.1. The van der Waals surface area contributed by atoms with Crippen molar-refractivity contribution >= 4 is 41.3 Å². The van der Waals surface area contributed by atoms with E-state index in [2.05, 4.69) is 27.5 Å². The topological polar surface area (TPSA) is 78.8 Å². The summed E-state index contributed by atoms with van der Waals surface area (Å²) < 4.78 is 5.11. The predicted octanol–water partition coefficient (Wildman–Crippen LogP) is 3.38. The summed E-state index contributed by atoms with van der Waals surface area (Å²) in [5.74, 6) is 1.69. The summed E-state index contributed by atoms with van der Waals surface area (Å²) in [5, 5.41) is 17.7. The number of methoxy groups -OCH3 is 1. The van der Waals surface area contributed by atoms with Crippen LogP contribution in [0.3, 0.4) is 0 Å². The highest BCUT2D eigenvalue weighted by Gasteiger charge is 2.05. The van der Waals surface area contributed by atoms with Crippen LogP contribution in [0, 0.1) is 0 Å². The maximum absolute atomic E-state index is 10.0. The number of guanidine groups is 1. The van der Waals surface area contributed by atoms with Crippen LogP contribution < -0.4 is 15.4 Å². The Morgan fingerprint density at radius 2 is 2.07 bits per heavy atom. The van der Waals surface area contributed by atoms with Gasteiger partial charge in [0.05, 0.1) is 12.1 Å². The second-order valence-corrected chi connectivity index (χ2v) is 6.96. The van der Waals surface area contributed by atoms with Crippen LogP contribution in [0.15, 0.2) is 29.4 Å². The van der Waals surface area contributed by atoms with Crippen LogP contribution in [0.2, 0.25) is 0 Å². The van der Waals surface area contributed by atoms with Gasteiger partial charge in [0.25, 0.3) is 0 Å². The molecule has 2 aromatic rings. The molecule has 2 rings (SSSR count). The third-order valence-electron chi connectivity index (χ3n) is 3.87. The molecule has 0 bridgehead atoms. The van der Waals surface area contributed by atoms with Crippen LogP contribution in [0.25, 0.3) is 0 Å². The third kappa shape index (κ3) is 7.92. The second-order valence-electron chi connectivity index (χ2n) is 5.76. The maximum Gasteiger partial charge on any atom is 0.191 e. The van der Waals surface area contributed by atoms with Crippen LogP contribution in [-0.4, -0.2) is 42.8 Å². The first-order chi connectivity index (χ1) is 12.7. The zero-order chi connectivity index (χ0) is 18.8. The molecular formula is C19H29IN4O2S. The van der Waals surface area contributed by atoms with E-state index < -0.39 is 0 Å². The van der Waals surface area contributed by atoms with E-state index in [1.165, 1.54) is 4.88 Å². The Balaban J connectivity index is 0.00000364. The first-order valence-corrected chi connectivity index (χ1v) is 9.79. The van der Waals surface area contributed by atoms with Gasteiger partial charge in [0.1, 0.15) is 11.5 Å². The van der Waals surface area contributed by atoms with Gasteiger partial charge in [0.15, 0.2) is 5.96 Å². The molecule has 6 nitrogen and oxygen atoms in total. The highest BCUT2D eigenvalue weighted by molar-refractivity contribution is 14.0. The lowest BCUT2D eigenvalue weighted by Crippen LogP contribution is -2.38. The van der Waals surface area contributed by atoms with Gasteiger partial charge in [0, 0.05) is 43.2 Å². The molecule has 0 saturated carbocycles. The quantitative estimate of drug-likeness (QED) is 0.277. The molecule has 0 aliphatic rings. The zero-order valence-electron chi connectivity index (χ0n) is 16.1. The van der Waals surface area contributed by atoms with Crippen molar-refractivity contribution in [2.45, 2.75) is 33.1 Å². The van der Waals surface area contributed by atoms with Crippen LogP contribution in [0.1, 0.15) is 29.3 Å². The summed E-state index contributed by atoms with van der Waals surface area (Å²) >= 11 is 1.76. The smallest absolute Gasteiger partial charge is 0.191 e. The van der Waals surface area contributed by atoms with E-state index in [-0.39, 0.29) is 29.7 Å². The fraction of sp³-hybridized carbons (Fsp3) is 0.474. The largest absolute Gasteiger partial charge is 0.508 e. The van der Waals surface area contributed by atoms with Crippen molar-refractivity contribution in [2.75, 3.05) is 26.7 Å². The minimum Gasteiger partial charge on any atom is -0.508 e. The van der Waals surface area contributed by atoms with Crippen molar-refractivity contribution in [3.63, 3.8) is 0 Å². The molecule has 1 heterocycles. The number of phenolic OH excluding ortho intramolecular Hbond substituents is 1. The third-order valence-corrected chi connectivity index (χ3v) is 5.07. The van der Waals surface area contributed by atoms with Crippen molar-refractivity contribution in [3.8, 4) is 11.5 Å². The molecule has 1 aromatic heterocycles. The molecule has 0 aliphatic carbocycles. The number of hydrogen-bond donors (Lipinski definition) is 3. The van der Waals surface area contributed by atoms with E-state index >= 15 is 0 Å². The van der Waals surface area contributed by atoms with E-state index in [1.54, 1.807) is 24.5 Å². The second kappa shape index (κ2) is 12.8. The van der Waals surface area contributed by atoms with Gasteiger partial charge in [-0.05, 0) is 31.4 Å². The number of halogens is 1. The Bertz CT molecular complexity index is 721. The van der Waals surface area contributed by atoms with Gasteiger partial charge < -0.3 is 20.5 Å². The Morgan fingerprint density at radius 3 is 2.70 bits per heavy atom. The molecule has 0 atom stereocenters. The van der Waals surface area contributed by atoms with Gasteiger partial charge in [-0.1, -0.05) is 13.0 Å². The molecule has 3 N–H and O–H groups in total. The molecule has 0 aliphatic heterocycles. The number of hydrogen-bond acceptors (Lipinski definition) is 5. The van der Waals surface area contributed by atoms with E-state index in [0.717, 1.165) is 35.9 Å². The number of aryl methyl sites for hydroxylation is 1. The molecule has 0 unspecified atom stereocenters. The number of phenols is 1. The van der Waals surface area contributed by atoms with Gasteiger partial charge in [-0.25, -0.2) is 4.98 Å². The van der Waals surface area contributed by atoms with E-state index in [1.807, 2.05) is 25.3 Å². The fourth-order valence-electron chi connectivity index (χ4n) is 2.43. The number of benzene rings is 1. The normalized spacial score (nSPS) is 11.0. The number of aromatic hydroxyl groups is 1.